The average Bonchev–Trinajstić information content (AvgIpc) is 2.71. The molecule has 1 aliphatic heterocycles. The van der Waals surface area contributed by atoms with Crippen molar-refractivity contribution in [2.75, 3.05) is 18.1 Å². The van der Waals surface area contributed by atoms with Gasteiger partial charge in [-0.3, -0.25) is 0 Å². The number of nitrogens with zero attached hydrogens (tertiary/aromatic N) is 2. The van der Waals surface area contributed by atoms with Crippen LogP contribution in [0.15, 0.2) is 6.20 Å². The summed E-state index contributed by atoms with van der Waals surface area (Å²) in [6.45, 7) is 1.56. The van der Waals surface area contributed by atoms with Crippen molar-refractivity contribution in [3.8, 4) is 0 Å². The molecule has 2 rings (SSSR count). The first-order valence-corrected chi connectivity index (χ1v) is 4.45. The Balaban J connectivity index is 2.04. The molecule has 1 saturated heterocycles. The molecule has 2 heterocycles. The molecule has 0 amide bonds. The van der Waals surface area contributed by atoms with Crippen molar-refractivity contribution in [1.29, 1.82) is 0 Å². The number of nitrogens with two attached hydrogens (primary N) is 2. The molecule has 0 spiro atoms. The van der Waals surface area contributed by atoms with E-state index >= 15 is 0 Å². The van der Waals surface area contributed by atoms with Gasteiger partial charge in [-0.1, -0.05) is 0 Å². The maximum Gasteiger partial charge on any atom is 0.145 e. The number of hydrogen-bond donors (Lipinski definition) is 2. The second kappa shape index (κ2) is 3.26. The van der Waals surface area contributed by atoms with Gasteiger partial charge in [-0.2, -0.15) is 5.10 Å². The molecule has 1 unspecified atom stereocenters. The molecular formula is C8H14N4O. The Morgan fingerprint density at radius 2 is 2.46 bits per heavy atom. The third-order valence-corrected chi connectivity index (χ3v) is 2.31. The third kappa shape index (κ3) is 1.60. The summed E-state index contributed by atoms with van der Waals surface area (Å²) >= 11 is 0. The Morgan fingerprint density at radius 3 is 3.00 bits per heavy atom. The summed E-state index contributed by atoms with van der Waals surface area (Å²) < 4.78 is 7.16. The minimum atomic E-state index is 0.251. The van der Waals surface area contributed by atoms with Crippen LogP contribution in [0.25, 0.3) is 0 Å². The van der Waals surface area contributed by atoms with E-state index in [9.17, 15) is 0 Å². The summed E-state index contributed by atoms with van der Waals surface area (Å²) in [5.41, 5.74) is 11.8. The van der Waals surface area contributed by atoms with Crippen LogP contribution in [-0.2, 0) is 11.3 Å². The number of hydrogen-bond acceptors (Lipinski definition) is 4. The smallest absolute Gasteiger partial charge is 0.145 e. The highest BCUT2D eigenvalue weighted by Crippen LogP contribution is 2.18. The summed E-state index contributed by atoms with van der Waals surface area (Å²) in [5, 5.41) is 4.07. The van der Waals surface area contributed by atoms with E-state index in [1.807, 2.05) is 0 Å². The Labute approximate surface area is 76.7 Å². The standard InChI is InChI=1S/C8H14N4O/c9-7-4-11-12(8(7)10)5-6-2-1-3-13-6/h4,6H,1-3,5,9-10H2. The number of rotatable bonds is 2. The first-order chi connectivity index (χ1) is 6.27. The number of ether oxygens (including phenoxy) is 1. The van der Waals surface area contributed by atoms with E-state index in [-0.39, 0.29) is 6.10 Å². The van der Waals surface area contributed by atoms with Crippen LogP contribution >= 0.6 is 0 Å². The normalized spacial score (nSPS) is 22.3. The zero-order valence-corrected chi connectivity index (χ0v) is 7.44. The lowest BCUT2D eigenvalue weighted by Crippen LogP contribution is -2.17. The van der Waals surface area contributed by atoms with Crippen molar-refractivity contribution in [2.45, 2.75) is 25.5 Å². The van der Waals surface area contributed by atoms with E-state index < -0.39 is 0 Å². The molecule has 1 aromatic heterocycles. The minimum absolute atomic E-state index is 0.251. The summed E-state index contributed by atoms with van der Waals surface area (Å²) in [7, 11) is 0. The van der Waals surface area contributed by atoms with Gasteiger partial charge in [0.15, 0.2) is 0 Å². The Hall–Kier alpha value is -1.23. The van der Waals surface area contributed by atoms with Crippen LogP contribution in [-0.4, -0.2) is 22.5 Å². The zero-order chi connectivity index (χ0) is 9.26. The molecule has 5 nitrogen and oxygen atoms in total. The van der Waals surface area contributed by atoms with E-state index in [0.29, 0.717) is 18.1 Å². The van der Waals surface area contributed by atoms with E-state index in [2.05, 4.69) is 5.10 Å². The van der Waals surface area contributed by atoms with Crippen molar-refractivity contribution in [3.05, 3.63) is 6.20 Å². The Morgan fingerprint density at radius 1 is 1.62 bits per heavy atom. The summed E-state index contributed by atoms with van der Waals surface area (Å²) in [5.74, 6) is 0.538. The van der Waals surface area contributed by atoms with Crippen LogP contribution in [0.3, 0.4) is 0 Å². The maximum absolute atomic E-state index is 5.70. The number of nitrogen functional groups attached to an aromatic ring is 2. The van der Waals surface area contributed by atoms with Crippen molar-refractivity contribution in [3.63, 3.8) is 0 Å². The Kier molecular flexibility index (Phi) is 2.10. The molecule has 1 aromatic rings. The van der Waals surface area contributed by atoms with Gasteiger partial charge < -0.3 is 16.2 Å². The lowest BCUT2D eigenvalue weighted by atomic mass is 10.2. The largest absolute Gasteiger partial charge is 0.394 e. The molecule has 0 saturated carbocycles. The van der Waals surface area contributed by atoms with Gasteiger partial charge in [0.2, 0.25) is 0 Å². The third-order valence-electron chi connectivity index (χ3n) is 2.31. The first kappa shape index (κ1) is 8.37. The van der Waals surface area contributed by atoms with Crippen molar-refractivity contribution in [1.82, 2.24) is 9.78 Å². The van der Waals surface area contributed by atoms with E-state index in [1.54, 1.807) is 10.9 Å². The quantitative estimate of drug-likeness (QED) is 0.686. The number of anilines is 2. The van der Waals surface area contributed by atoms with Crippen LogP contribution in [0.5, 0.6) is 0 Å². The fraction of sp³-hybridized carbons (Fsp3) is 0.625. The highest BCUT2D eigenvalue weighted by atomic mass is 16.5. The van der Waals surface area contributed by atoms with Crippen LogP contribution in [0.4, 0.5) is 11.5 Å². The van der Waals surface area contributed by atoms with Crippen LogP contribution < -0.4 is 11.5 Å². The van der Waals surface area contributed by atoms with Gasteiger partial charge in [-0.15, -0.1) is 0 Å². The highest BCUT2D eigenvalue weighted by molar-refractivity contribution is 5.56. The molecule has 1 aliphatic rings. The summed E-state index contributed by atoms with van der Waals surface area (Å²) in [6.07, 6.45) is 4.03. The number of aromatic nitrogens is 2. The van der Waals surface area contributed by atoms with Crippen LogP contribution in [0, 0.1) is 0 Å². The molecule has 1 fully saturated rings. The lowest BCUT2D eigenvalue weighted by molar-refractivity contribution is 0.0946. The Bertz CT molecular complexity index is 290. The summed E-state index contributed by atoms with van der Waals surface area (Å²) in [4.78, 5) is 0. The minimum Gasteiger partial charge on any atom is -0.394 e. The van der Waals surface area contributed by atoms with E-state index in [0.717, 1.165) is 19.4 Å². The SMILES string of the molecule is Nc1cnn(CC2CCCO2)c1N. The molecule has 1 atom stereocenters. The fourth-order valence-corrected chi connectivity index (χ4v) is 1.54. The highest BCUT2D eigenvalue weighted by Gasteiger charge is 2.17. The van der Waals surface area contributed by atoms with Crippen molar-refractivity contribution < 1.29 is 4.74 Å². The monoisotopic (exact) mass is 182 g/mol. The van der Waals surface area contributed by atoms with Gasteiger partial charge in [0.1, 0.15) is 5.82 Å². The van der Waals surface area contributed by atoms with Crippen molar-refractivity contribution >= 4 is 11.5 Å². The summed E-state index contributed by atoms with van der Waals surface area (Å²) in [6, 6.07) is 0. The topological polar surface area (TPSA) is 79.1 Å². The molecule has 0 radical (unpaired) electrons. The van der Waals surface area contributed by atoms with Gasteiger partial charge in [-0.05, 0) is 12.8 Å². The first-order valence-electron chi connectivity index (χ1n) is 4.45. The van der Waals surface area contributed by atoms with Gasteiger partial charge >= 0.3 is 0 Å². The molecule has 4 N–H and O–H groups in total. The van der Waals surface area contributed by atoms with Gasteiger partial charge in [-0.25, -0.2) is 4.68 Å². The molecule has 72 valence electrons. The molecule has 0 bridgehead atoms. The second-order valence-corrected chi connectivity index (χ2v) is 3.30. The lowest BCUT2D eigenvalue weighted by Gasteiger charge is -2.10. The predicted octanol–water partition coefficient (Wildman–Crippen LogP) is 0.226. The van der Waals surface area contributed by atoms with Gasteiger partial charge in [0, 0.05) is 6.61 Å². The molecule has 0 aromatic carbocycles. The van der Waals surface area contributed by atoms with E-state index in [4.69, 9.17) is 16.2 Å². The zero-order valence-electron chi connectivity index (χ0n) is 7.44. The molecule has 0 aliphatic carbocycles. The molecule has 13 heavy (non-hydrogen) atoms. The van der Waals surface area contributed by atoms with Gasteiger partial charge in [0.05, 0.1) is 24.5 Å². The van der Waals surface area contributed by atoms with Crippen LogP contribution in [0.1, 0.15) is 12.8 Å². The van der Waals surface area contributed by atoms with Crippen molar-refractivity contribution in [2.24, 2.45) is 0 Å². The fourth-order valence-electron chi connectivity index (χ4n) is 1.54. The van der Waals surface area contributed by atoms with E-state index in [1.165, 1.54) is 0 Å². The maximum atomic E-state index is 5.70. The van der Waals surface area contributed by atoms with Crippen LogP contribution in [0.2, 0.25) is 0 Å². The predicted molar refractivity (Wildman–Crippen MR) is 50.0 cm³/mol. The second-order valence-electron chi connectivity index (χ2n) is 3.30. The van der Waals surface area contributed by atoms with Gasteiger partial charge in [0.25, 0.3) is 0 Å². The molecular weight excluding hydrogens is 168 g/mol. The molecule has 5 heteroatoms. The average molecular weight is 182 g/mol.